The van der Waals surface area contributed by atoms with E-state index in [0.717, 1.165) is 31.3 Å². The van der Waals surface area contributed by atoms with E-state index in [-0.39, 0.29) is 28.6 Å². The van der Waals surface area contributed by atoms with Crippen molar-refractivity contribution >= 4 is 5.97 Å². The lowest BCUT2D eigenvalue weighted by Crippen LogP contribution is -2.61. The Bertz CT molecular complexity index is 613. The normalized spacial score (nSPS) is 48.3. The Morgan fingerprint density at radius 1 is 1.35 bits per heavy atom. The molecular formula is C22H34O4. The number of carbonyl (C=O) groups is 1. The monoisotopic (exact) mass is 362 g/mol. The number of esters is 1. The van der Waals surface area contributed by atoms with E-state index < -0.39 is 11.7 Å². The van der Waals surface area contributed by atoms with E-state index in [1.54, 1.807) is 6.08 Å². The van der Waals surface area contributed by atoms with E-state index in [4.69, 9.17) is 4.74 Å². The van der Waals surface area contributed by atoms with Crippen LogP contribution in [0.4, 0.5) is 0 Å². The number of rotatable bonds is 3. The molecule has 3 fully saturated rings. The highest BCUT2D eigenvalue weighted by Crippen LogP contribution is 2.65. The summed E-state index contributed by atoms with van der Waals surface area (Å²) >= 11 is 0. The summed E-state index contributed by atoms with van der Waals surface area (Å²) in [6.07, 6.45) is 6.40. The molecule has 7 atom stereocenters. The molecule has 3 aliphatic carbocycles. The van der Waals surface area contributed by atoms with E-state index in [2.05, 4.69) is 27.0 Å². The van der Waals surface area contributed by atoms with Gasteiger partial charge in [0.15, 0.2) is 0 Å². The molecular weight excluding hydrogens is 328 g/mol. The minimum absolute atomic E-state index is 0.0408. The third-order valence-corrected chi connectivity index (χ3v) is 7.92. The minimum atomic E-state index is -1.01. The summed E-state index contributed by atoms with van der Waals surface area (Å²) in [7, 11) is 0. The number of fused-ring (bicyclic) bond motifs is 3. The van der Waals surface area contributed by atoms with Gasteiger partial charge in [0.1, 0.15) is 5.60 Å². The average Bonchev–Trinajstić information content (AvgIpc) is 2.56. The predicted octanol–water partition coefficient (Wildman–Crippen LogP) is 3.63. The fraction of sp³-hybridized carbons (Fsp3) is 0.773. The third-order valence-electron chi connectivity index (χ3n) is 7.92. The van der Waals surface area contributed by atoms with Gasteiger partial charge in [0, 0.05) is 12.3 Å². The number of ether oxygens (including phenoxy) is 1. The Morgan fingerprint density at radius 2 is 2.04 bits per heavy atom. The Morgan fingerprint density at radius 3 is 2.65 bits per heavy atom. The Kier molecular flexibility index (Phi) is 4.90. The van der Waals surface area contributed by atoms with Crippen molar-refractivity contribution in [3.63, 3.8) is 0 Å². The van der Waals surface area contributed by atoms with Crippen molar-refractivity contribution in [1.82, 2.24) is 0 Å². The number of carbonyl (C=O) groups excluding carboxylic acids is 1. The van der Waals surface area contributed by atoms with Gasteiger partial charge < -0.3 is 14.9 Å². The first-order chi connectivity index (χ1) is 12.1. The molecule has 3 saturated carbocycles. The molecule has 3 aliphatic rings. The first-order valence-electron chi connectivity index (χ1n) is 9.94. The summed E-state index contributed by atoms with van der Waals surface area (Å²) in [4.78, 5) is 11.4. The van der Waals surface area contributed by atoms with Crippen molar-refractivity contribution in [1.29, 1.82) is 0 Å². The lowest BCUT2D eigenvalue weighted by molar-refractivity contribution is -0.189. The zero-order valence-electron chi connectivity index (χ0n) is 16.5. The van der Waals surface area contributed by atoms with Crippen molar-refractivity contribution in [2.75, 3.05) is 6.61 Å². The Balaban J connectivity index is 1.94. The number of hydrogen-bond acceptors (Lipinski definition) is 4. The van der Waals surface area contributed by atoms with Gasteiger partial charge in [-0.1, -0.05) is 39.5 Å². The van der Waals surface area contributed by atoms with Crippen molar-refractivity contribution < 1.29 is 19.7 Å². The summed E-state index contributed by atoms with van der Waals surface area (Å²) in [5, 5.41) is 22.0. The molecule has 26 heavy (non-hydrogen) atoms. The molecule has 0 radical (unpaired) electrons. The first kappa shape index (κ1) is 19.6. The maximum Gasteiger partial charge on any atom is 0.302 e. The largest absolute Gasteiger partial charge is 0.465 e. The highest BCUT2D eigenvalue weighted by molar-refractivity contribution is 5.65. The molecule has 146 valence electrons. The lowest BCUT2D eigenvalue weighted by Gasteiger charge is -2.63. The zero-order chi connectivity index (χ0) is 19.3. The van der Waals surface area contributed by atoms with Gasteiger partial charge in [0.25, 0.3) is 0 Å². The van der Waals surface area contributed by atoms with Crippen molar-refractivity contribution in [3.05, 3.63) is 24.8 Å². The predicted molar refractivity (Wildman–Crippen MR) is 101 cm³/mol. The molecule has 4 nitrogen and oxygen atoms in total. The second-order valence-electron chi connectivity index (χ2n) is 9.48. The summed E-state index contributed by atoms with van der Waals surface area (Å²) in [6.45, 7) is 14.3. The van der Waals surface area contributed by atoms with Gasteiger partial charge in [-0.3, -0.25) is 4.79 Å². The molecule has 3 rings (SSSR count). The molecule has 0 amide bonds. The maximum atomic E-state index is 11.4. The molecule has 4 heteroatoms. The summed E-state index contributed by atoms with van der Waals surface area (Å²) in [5.74, 6) is 0.329. The molecule has 0 aromatic heterocycles. The van der Waals surface area contributed by atoms with E-state index in [0.29, 0.717) is 25.4 Å². The SMILES string of the molecule is C=CC1(O)CC[C@H]2[C@@H](C[C@@H](O)C3[C@](C)(COC(C)=O)CCC[C@@]32C)C1=C. The summed E-state index contributed by atoms with van der Waals surface area (Å²) in [5.41, 5.74) is -0.452. The summed E-state index contributed by atoms with van der Waals surface area (Å²) < 4.78 is 5.41. The van der Waals surface area contributed by atoms with Crippen LogP contribution in [-0.4, -0.2) is 34.5 Å². The number of hydrogen-bond donors (Lipinski definition) is 2. The molecule has 0 spiro atoms. The third kappa shape index (κ3) is 2.86. The topological polar surface area (TPSA) is 66.8 Å². The number of aliphatic hydroxyl groups excluding tert-OH is 1. The van der Waals surface area contributed by atoms with Crippen molar-refractivity contribution in [3.8, 4) is 0 Å². The van der Waals surface area contributed by atoms with E-state index in [1.807, 2.05) is 0 Å². The van der Waals surface area contributed by atoms with Crippen molar-refractivity contribution in [2.45, 2.75) is 71.0 Å². The molecule has 0 heterocycles. The van der Waals surface area contributed by atoms with Gasteiger partial charge in [-0.25, -0.2) is 0 Å². The van der Waals surface area contributed by atoms with Gasteiger partial charge in [-0.2, -0.15) is 0 Å². The highest BCUT2D eigenvalue weighted by atomic mass is 16.5. The van der Waals surface area contributed by atoms with Gasteiger partial charge in [0.05, 0.1) is 12.7 Å². The minimum Gasteiger partial charge on any atom is -0.465 e. The average molecular weight is 363 g/mol. The maximum absolute atomic E-state index is 11.4. The second-order valence-corrected chi connectivity index (χ2v) is 9.48. The smallest absolute Gasteiger partial charge is 0.302 e. The quantitative estimate of drug-likeness (QED) is 0.594. The highest BCUT2D eigenvalue weighted by Gasteiger charge is 2.62. The zero-order valence-corrected chi connectivity index (χ0v) is 16.5. The summed E-state index contributed by atoms with van der Waals surface area (Å²) in [6, 6.07) is 0. The van der Waals surface area contributed by atoms with Gasteiger partial charge in [-0.15, -0.1) is 0 Å². The standard InChI is InChI=1S/C22H34O4/c1-6-22(25)11-8-17-16(14(22)2)12-18(24)19-20(4,13-26-15(3)23)9-7-10-21(17,19)5/h6,16-19,24-25H,1-2,7-13H2,3-5H3/t16-,17-,18+,19?,20-,21+,22?/m0/s1. The van der Waals surface area contributed by atoms with Crippen LogP contribution in [0.5, 0.6) is 0 Å². The van der Waals surface area contributed by atoms with Crippen LogP contribution in [0, 0.1) is 28.6 Å². The lowest BCUT2D eigenvalue weighted by atomic mass is 9.42. The molecule has 0 aliphatic heterocycles. The van der Waals surface area contributed by atoms with Crippen LogP contribution >= 0.6 is 0 Å². The molecule has 0 aromatic rings. The van der Waals surface area contributed by atoms with Crippen LogP contribution in [0.3, 0.4) is 0 Å². The molecule has 2 unspecified atom stereocenters. The Hall–Kier alpha value is -1.13. The van der Waals surface area contributed by atoms with Crippen LogP contribution in [0.1, 0.15) is 59.3 Å². The van der Waals surface area contributed by atoms with Crippen molar-refractivity contribution in [2.24, 2.45) is 28.6 Å². The molecule has 2 N–H and O–H groups in total. The van der Waals surface area contributed by atoms with E-state index in [1.165, 1.54) is 6.92 Å². The molecule has 0 saturated heterocycles. The molecule has 0 bridgehead atoms. The van der Waals surface area contributed by atoms with Gasteiger partial charge >= 0.3 is 5.97 Å². The number of aliphatic hydroxyl groups is 2. The van der Waals surface area contributed by atoms with E-state index >= 15 is 0 Å². The van der Waals surface area contributed by atoms with Crippen LogP contribution in [-0.2, 0) is 9.53 Å². The fourth-order valence-electron chi connectivity index (χ4n) is 6.76. The van der Waals surface area contributed by atoms with E-state index in [9.17, 15) is 15.0 Å². The van der Waals surface area contributed by atoms with Crippen LogP contribution in [0.2, 0.25) is 0 Å². The second kappa shape index (κ2) is 6.49. The van der Waals surface area contributed by atoms with Crippen LogP contribution in [0.15, 0.2) is 24.8 Å². The van der Waals surface area contributed by atoms with Gasteiger partial charge in [0.2, 0.25) is 0 Å². The fourth-order valence-corrected chi connectivity index (χ4v) is 6.76. The molecule has 0 aromatic carbocycles. The Labute approximate surface area is 157 Å². The van der Waals surface area contributed by atoms with Crippen LogP contribution < -0.4 is 0 Å². The van der Waals surface area contributed by atoms with Crippen LogP contribution in [0.25, 0.3) is 0 Å². The van der Waals surface area contributed by atoms with Gasteiger partial charge in [-0.05, 0) is 60.8 Å². The first-order valence-corrected chi connectivity index (χ1v) is 9.94.